The molecule has 2 aliphatic rings. The largest absolute Gasteiger partial charge is 0.456 e. The van der Waals surface area contributed by atoms with Crippen molar-refractivity contribution in [1.82, 2.24) is 0 Å². The van der Waals surface area contributed by atoms with Crippen LogP contribution in [0.2, 0.25) is 0 Å². The maximum Gasteiger partial charge on any atom is 0.140 e. The van der Waals surface area contributed by atoms with Crippen LogP contribution >= 0.6 is 0 Å². The summed E-state index contributed by atoms with van der Waals surface area (Å²) in [4.78, 5) is 4.71. The van der Waals surface area contributed by atoms with Crippen LogP contribution < -0.4 is 14.5 Å². The molecule has 3 heteroatoms. The van der Waals surface area contributed by atoms with Crippen molar-refractivity contribution >= 4 is 44.9 Å². The fraction of sp³-hybridized carbons (Fsp3) is 0.0189. The normalized spacial score (nSPS) is 14.6. The Hall–Kier alpha value is -7.36. The topological polar surface area (TPSA) is 15.7 Å². The number of rotatable bonds is 6. The molecule has 0 bridgehead atoms. The van der Waals surface area contributed by atoms with Crippen molar-refractivity contribution < 1.29 is 4.74 Å². The van der Waals surface area contributed by atoms with Gasteiger partial charge in [0.1, 0.15) is 11.5 Å². The average molecular weight is 717 g/mol. The molecule has 1 heterocycles. The van der Waals surface area contributed by atoms with Crippen molar-refractivity contribution in [3.05, 3.63) is 241 Å². The van der Waals surface area contributed by atoms with Crippen LogP contribution in [0.3, 0.4) is 0 Å². The summed E-state index contributed by atoms with van der Waals surface area (Å²) in [5.74, 6) is 1.74. The lowest BCUT2D eigenvalue weighted by Gasteiger charge is -2.40. The van der Waals surface area contributed by atoms with Crippen molar-refractivity contribution in [3.63, 3.8) is 0 Å². The first-order valence-corrected chi connectivity index (χ1v) is 19.2. The molecule has 1 aliphatic heterocycles. The molecule has 0 N–H and O–H groups in total. The van der Waals surface area contributed by atoms with Gasteiger partial charge in [0.15, 0.2) is 0 Å². The minimum Gasteiger partial charge on any atom is -0.456 e. The van der Waals surface area contributed by atoms with Gasteiger partial charge in [0.25, 0.3) is 0 Å². The van der Waals surface area contributed by atoms with Crippen molar-refractivity contribution in [1.29, 1.82) is 0 Å². The number of hydrogen-bond donors (Lipinski definition) is 0. The minimum absolute atomic E-state index is 0.656. The first kappa shape index (κ1) is 32.1. The summed E-state index contributed by atoms with van der Waals surface area (Å²) < 4.78 is 7.25. The van der Waals surface area contributed by atoms with Crippen LogP contribution in [0.15, 0.2) is 218 Å². The summed E-state index contributed by atoms with van der Waals surface area (Å²) in [6.07, 6.45) is 0. The third-order valence-corrected chi connectivity index (χ3v) is 11.5. The van der Waals surface area contributed by atoms with Gasteiger partial charge in [-0.25, -0.2) is 0 Å². The molecule has 0 radical (unpaired) electrons. The zero-order valence-corrected chi connectivity index (χ0v) is 30.6. The van der Waals surface area contributed by atoms with E-state index in [2.05, 4.69) is 228 Å². The van der Waals surface area contributed by atoms with E-state index in [1.54, 1.807) is 0 Å². The Labute approximate surface area is 326 Å². The molecule has 3 nitrogen and oxygen atoms in total. The summed E-state index contributed by atoms with van der Waals surface area (Å²) in [5, 5.41) is 2.25. The number of benzene rings is 9. The van der Waals surface area contributed by atoms with Gasteiger partial charge in [-0.15, -0.1) is 0 Å². The van der Waals surface area contributed by atoms with E-state index in [1.165, 1.54) is 22.3 Å². The Kier molecular flexibility index (Phi) is 7.39. The molecular weight excluding hydrogens is 681 g/mol. The van der Waals surface area contributed by atoms with Gasteiger partial charge in [-0.3, -0.25) is 0 Å². The second-order valence-electron chi connectivity index (χ2n) is 14.5. The van der Waals surface area contributed by atoms with Crippen LogP contribution in [0.25, 0.3) is 21.9 Å². The average Bonchev–Trinajstić information content (AvgIpc) is 3.56. The minimum atomic E-state index is -0.656. The highest BCUT2D eigenvalue weighted by Crippen LogP contribution is 2.65. The summed E-state index contributed by atoms with van der Waals surface area (Å²) in [6.45, 7) is 0. The van der Waals surface area contributed by atoms with Gasteiger partial charge in [-0.2, -0.15) is 0 Å². The lowest BCUT2D eigenvalue weighted by atomic mass is 9.65. The highest BCUT2D eigenvalue weighted by atomic mass is 16.5. The highest BCUT2D eigenvalue weighted by Gasteiger charge is 2.52. The van der Waals surface area contributed by atoms with E-state index in [-0.39, 0.29) is 0 Å². The number of nitrogens with zero attached hydrogens (tertiary/aromatic N) is 2. The van der Waals surface area contributed by atoms with Gasteiger partial charge in [0, 0.05) is 56.6 Å². The maximum atomic E-state index is 7.25. The molecule has 0 aromatic heterocycles. The molecule has 9 aromatic carbocycles. The molecule has 1 spiro atoms. The van der Waals surface area contributed by atoms with Crippen LogP contribution in [-0.4, -0.2) is 0 Å². The Morgan fingerprint density at radius 1 is 0.357 bits per heavy atom. The summed E-state index contributed by atoms with van der Waals surface area (Å²) in [5.41, 5.74) is 13.1. The van der Waals surface area contributed by atoms with Crippen LogP contribution in [0.5, 0.6) is 11.5 Å². The van der Waals surface area contributed by atoms with Gasteiger partial charge in [0.05, 0.1) is 11.1 Å². The van der Waals surface area contributed by atoms with Crippen molar-refractivity contribution in [2.45, 2.75) is 5.41 Å². The standard InChI is InChI=1S/C53H36N2O/c1-5-19-38(20-6-1)54(39-21-7-2-8-22-39)42-33-35-46-50(36-42)56-52-43-27-14-13-18-37(43)32-34-48(52)53(46)45-29-16-15-28-44(45)51-47(53)30-17-31-49(51)55(40-23-9-3-10-24-40)41-25-11-4-12-26-41/h1-36H. The third-order valence-electron chi connectivity index (χ3n) is 11.5. The van der Waals surface area contributed by atoms with E-state index in [0.29, 0.717) is 0 Å². The molecule has 1 aliphatic carbocycles. The number of anilines is 6. The number of ether oxygens (including phenoxy) is 1. The Morgan fingerprint density at radius 3 is 1.55 bits per heavy atom. The van der Waals surface area contributed by atoms with E-state index in [9.17, 15) is 0 Å². The molecule has 56 heavy (non-hydrogen) atoms. The van der Waals surface area contributed by atoms with Crippen LogP contribution in [0, 0.1) is 0 Å². The van der Waals surface area contributed by atoms with Gasteiger partial charge >= 0.3 is 0 Å². The van der Waals surface area contributed by atoms with E-state index in [1.807, 2.05) is 0 Å². The number of fused-ring (bicyclic) bond motifs is 11. The zero-order valence-electron chi connectivity index (χ0n) is 30.6. The molecule has 0 saturated heterocycles. The van der Waals surface area contributed by atoms with Crippen LogP contribution in [0.1, 0.15) is 22.3 Å². The van der Waals surface area contributed by atoms with Crippen molar-refractivity contribution in [3.8, 4) is 22.6 Å². The predicted molar refractivity (Wildman–Crippen MR) is 231 cm³/mol. The third kappa shape index (κ3) is 4.77. The van der Waals surface area contributed by atoms with Gasteiger partial charge in [-0.05, 0) is 82.7 Å². The lowest BCUT2D eigenvalue weighted by molar-refractivity contribution is 0.442. The van der Waals surface area contributed by atoms with Crippen LogP contribution in [-0.2, 0) is 5.41 Å². The van der Waals surface area contributed by atoms with Gasteiger partial charge in [0.2, 0.25) is 0 Å². The summed E-state index contributed by atoms with van der Waals surface area (Å²) >= 11 is 0. The van der Waals surface area contributed by atoms with E-state index in [4.69, 9.17) is 4.74 Å². The second-order valence-corrected chi connectivity index (χ2v) is 14.5. The predicted octanol–water partition coefficient (Wildman–Crippen LogP) is 14.2. The molecule has 0 fully saturated rings. The van der Waals surface area contributed by atoms with Crippen LogP contribution in [0.4, 0.5) is 34.1 Å². The molecule has 1 unspecified atom stereocenters. The zero-order chi connectivity index (χ0) is 37.1. The molecule has 0 saturated carbocycles. The number of hydrogen-bond acceptors (Lipinski definition) is 3. The van der Waals surface area contributed by atoms with Gasteiger partial charge in [-0.1, -0.05) is 152 Å². The fourth-order valence-electron chi connectivity index (χ4n) is 9.21. The lowest BCUT2D eigenvalue weighted by Crippen LogP contribution is -2.32. The van der Waals surface area contributed by atoms with E-state index < -0.39 is 5.41 Å². The molecule has 0 amide bonds. The van der Waals surface area contributed by atoms with Crippen molar-refractivity contribution in [2.24, 2.45) is 0 Å². The van der Waals surface area contributed by atoms with Gasteiger partial charge < -0.3 is 14.5 Å². The molecule has 11 rings (SSSR count). The molecule has 9 aromatic rings. The van der Waals surface area contributed by atoms with Crippen molar-refractivity contribution in [2.75, 3.05) is 9.80 Å². The SMILES string of the molecule is c1ccc(N(c2ccccc2)c2ccc3c(c2)Oc2c(ccc4ccccc24)C32c3ccccc3-c3c(N(c4ccccc4)c4ccccc4)cccc32)cc1. The Bertz CT molecular complexity index is 2810. The fourth-order valence-corrected chi connectivity index (χ4v) is 9.21. The second kappa shape index (κ2) is 12.9. The van der Waals surface area contributed by atoms with E-state index >= 15 is 0 Å². The summed E-state index contributed by atoms with van der Waals surface area (Å²) in [6, 6.07) is 78.4. The first-order chi connectivity index (χ1) is 27.8. The molecule has 264 valence electrons. The number of para-hydroxylation sites is 4. The quantitative estimate of drug-likeness (QED) is 0.170. The molecule has 1 atom stereocenters. The first-order valence-electron chi connectivity index (χ1n) is 19.2. The maximum absolute atomic E-state index is 7.25. The summed E-state index contributed by atoms with van der Waals surface area (Å²) in [7, 11) is 0. The highest BCUT2D eigenvalue weighted by molar-refractivity contribution is 6.00. The molecular formula is C53H36N2O. The Morgan fingerprint density at radius 2 is 0.893 bits per heavy atom. The monoisotopic (exact) mass is 716 g/mol. The smallest absolute Gasteiger partial charge is 0.140 e. The Balaban J connectivity index is 1.22. The van der Waals surface area contributed by atoms with E-state index in [0.717, 1.165) is 67.5 Å².